The average molecular weight is 219 g/mol. The molecule has 1 heteroatoms. The van der Waals surface area contributed by atoms with Gasteiger partial charge in [-0.1, -0.05) is 37.6 Å². The zero-order valence-corrected chi connectivity index (χ0v) is 10.4. The quantitative estimate of drug-likeness (QED) is 0.600. The first-order chi connectivity index (χ1) is 7.83. The lowest BCUT2D eigenvalue weighted by Crippen LogP contribution is -1.97. The standard InChI is InChI=1S/C15H23O/c1-3-4-12-16-13-6-5-7-15-10-8-14(2)9-11-15/h8-11H,2-7,12-13H2,1H3. The minimum atomic E-state index is 0.910. The molecule has 1 rings (SSSR count). The van der Waals surface area contributed by atoms with Crippen LogP contribution in [0.15, 0.2) is 24.3 Å². The zero-order chi connectivity index (χ0) is 11.6. The third-order valence-electron chi connectivity index (χ3n) is 2.67. The Morgan fingerprint density at radius 1 is 1.00 bits per heavy atom. The van der Waals surface area contributed by atoms with Crippen molar-refractivity contribution in [2.45, 2.75) is 39.0 Å². The molecule has 0 aliphatic heterocycles. The van der Waals surface area contributed by atoms with Crippen LogP contribution in [0.1, 0.15) is 43.7 Å². The molecule has 1 radical (unpaired) electrons. The van der Waals surface area contributed by atoms with Gasteiger partial charge in [0.1, 0.15) is 0 Å². The summed E-state index contributed by atoms with van der Waals surface area (Å²) in [5, 5.41) is 0. The van der Waals surface area contributed by atoms with Crippen LogP contribution in [0.5, 0.6) is 0 Å². The molecule has 0 unspecified atom stereocenters. The molecule has 0 saturated heterocycles. The molecule has 0 aromatic heterocycles. The topological polar surface area (TPSA) is 9.23 Å². The fraction of sp³-hybridized carbons (Fsp3) is 0.533. The van der Waals surface area contributed by atoms with E-state index in [1.165, 1.54) is 24.8 Å². The highest BCUT2D eigenvalue weighted by Crippen LogP contribution is 2.07. The van der Waals surface area contributed by atoms with Crippen LogP contribution >= 0.6 is 0 Å². The summed E-state index contributed by atoms with van der Waals surface area (Å²) in [5.74, 6) is 0. The molecule has 1 aromatic carbocycles. The Hall–Kier alpha value is -0.820. The van der Waals surface area contributed by atoms with E-state index in [1.807, 2.05) is 0 Å². The average Bonchev–Trinajstić information content (AvgIpc) is 2.30. The van der Waals surface area contributed by atoms with Gasteiger partial charge in [0.2, 0.25) is 0 Å². The van der Waals surface area contributed by atoms with Crippen molar-refractivity contribution < 1.29 is 4.74 Å². The maximum atomic E-state index is 5.52. The van der Waals surface area contributed by atoms with Gasteiger partial charge in [-0.3, -0.25) is 0 Å². The first kappa shape index (κ1) is 13.2. The number of unbranched alkanes of at least 4 members (excludes halogenated alkanes) is 2. The van der Waals surface area contributed by atoms with E-state index in [0.29, 0.717) is 0 Å². The molecule has 0 fully saturated rings. The van der Waals surface area contributed by atoms with Crippen LogP contribution in [0.25, 0.3) is 0 Å². The number of rotatable bonds is 8. The Labute approximate surface area is 99.8 Å². The number of hydrogen-bond donors (Lipinski definition) is 0. The maximum absolute atomic E-state index is 5.52. The van der Waals surface area contributed by atoms with Gasteiger partial charge >= 0.3 is 0 Å². The van der Waals surface area contributed by atoms with Crippen LogP contribution in [0.4, 0.5) is 0 Å². The number of benzene rings is 1. The molecule has 0 atom stereocenters. The van der Waals surface area contributed by atoms with E-state index in [-0.39, 0.29) is 0 Å². The monoisotopic (exact) mass is 219 g/mol. The van der Waals surface area contributed by atoms with Crippen molar-refractivity contribution in [3.8, 4) is 0 Å². The summed E-state index contributed by atoms with van der Waals surface area (Å²) >= 11 is 0. The van der Waals surface area contributed by atoms with Crippen molar-refractivity contribution in [2.75, 3.05) is 13.2 Å². The number of ether oxygens (including phenoxy) is 1. The highest BCUT2D eigenvalue weighted by Gasteiger charge is 1.94. The molecule has 0 aliphatic carbocycles. The molecule has 1 nitrogen and oxygen atoms in total. The molecule has 0 amide bonds. The van der Waals surface area contributed by atoms with E-state index < -0.39 is 0 Å². The normalized spacial score (nSPS) is 10.6. The summed E-state index contributed by atoms with van der Waals surface area (Å²) in [7, 11) is 0. The molecule has 89 valence electrons. The lowest BCUT2D eigenvalue weighted by atomic mass is 10.1. The Kier molecular flexibility index (Phi) is 6.91. The fourth-order valence-electron chi connectivity index (χ4n) is 1.59. The van der Waals surface area contributed by atoms with Gasteiger partial charge in [0.15, 0.2) is 0 Å². The van der Waals surface area contributed by atoms with Gasteiger partial charge in [0.25, 0.3) is 0 Å². The minimum absolute atomic E-state index is 0.910. The molecular weight excluding hydrogens is 196 g/mol. The van der Waals surface area contributed by atoms with Gasteiger partial charge in [-0.15, -0.1) is 0 Å². The first-order valence-corrected chi connectivity index (χ1v) is 6.31. The van der Waals surface area contributed by atoms with E-state index in [1.54, 1.807) is 0 Å². The third-order valence-corrected chi connectivity index (χ3v) is 2.67. The number of hydrogen-bond acceptors (Lipinski definition) is 1. The highest BCUT2D eigenvalue weighted by atomic mass is 16.5. The second-order valence-corrected chi connectivity index (χ2v) is 4.24. The molecule has 0 aliphatic rings. The van der Waals surface area contributed by atoms with Crippen molar-refractivity contribution >= 4 is 0 Å². The van der Waals surface area contributed by atoms with E-state index in [2.05, 4.69) is 38.1 Å². The Morgan fingerprint density at radius 2 is 1.69 bits per heavy atom. The summed E-state index contributed by atoms with van der Waals surface area (Å²) in [6.07, 6.45) is 5.93. The smallest absolute Gasteiger partial charge is 0.0466 e. The molecule has 16 heavy (non-hydrogen) atoms. The van der Waals surface area contributed by atoms with Crippen LogP contribution in [0.3, 0.4) is 0 Å². The molecular formula is C15H23O. The van der Waals surface area contributed by atoms with Gasteiger partial charge in [-0.25, -0.2) is 0 Å². The summed E-state index contributed by atoms with van der Waals surface area (Å²) < 4.78 is 5.52. The van der Waals surface area contributed by atoms with Gasteiger partial charge < -0.3 is 4.74 Å². The van der Waals surface area contributed by atoms with E-state index in [4.69, 9.17) is 4.74 Å². The van der Waals surface area contributed by atoms with E-state index in [0.717, 1.165) is 31.6 Å². The molecule has 0 spiro atoms. The molecule has 0 N–H and O–H groups in total. The van der Waals surface area contributed by atoms with Crippen molar-refractivity contribution in [3.63, 3.8) is 0 Å². The molecule has 0 heterocycles. The number of aryl methyl sites for hydroxylation is 1. The predicted octanol–water partition coefficient (Wildman–Crippen LogP) is 4.01. The molecule has 1 aromatic rings. The highest BCUT2D eigenvalue weighted by molar-refractivity contribution is 5.24. The lowest BCUT2D eigenvalue weighted by Gasteiger charge is -2.04. The van der Waals surface area contributed by atoms with Gasteiger partial charge in [-0.2, -0.15) is 0 Å². The van der Waals surface area contributed by atoms with Gasteiger partial charge in [-0.05, 0) is 43.7 Å². The second-order valence-electron chi connectivity index (χ2n) is 4.24. The van der Waals surface area contributed by atoms with Crippen LogP contribution in [0, 0.1) is 6.92 Å². The predicted molar refractivity (Wildman–Crippen MR) is 69.6 cm³/mol. The minimum Gasteiger partial charge on any atom is -0.381 e. The van der Waals surface area contributed by atoms with Crippen LogP contribution in [-0.4, -0.2) is 13.2 Å². The summed E-state index contributed by atoms with van der Waals surface area (Å²) in [4.78, 5) is 0. The van der Waals surface area contributed by atoms with E-state index >= 15 is 0 Å². The molecule has 0 bridgehead atoms. The van der Waals surface area contributed by atoms with Crippen LogP contribution in [0.2, 0.25) is 0 Å². The van der Waals surface area contributed by atoms with Crippen LogP contribution in [-0.2, 0) is 11.2 Å². The first-order valence-electron chi connectivity index (χ1n) is 6.31. The summed E-state index contributed by atoms with van der Waals surface area (Å²) in [5.41, 5.74) is 2.49. The Morgan fingerprint density at radius 3 is 2.38 bits per heavy atom. The van der Waals surface area contributed by atoms with Crippen molar-refractivity contribution in [2.24, 2.45) is 0 Å². The van der Waals surface area contributed by atoms with Crippen molar-refractivity contribution in [1.29, 1.82) is 0 Å². The largest absolute Gasteiger partial charge is 0.381 e. The zero-order valence-electron chi connectivity index (χ0n) is 10.4. The third kappa shape index (κ3) is 5.92. The van der Waals surface area contributed by atoms with Gasteiger partial charge in [0, 0.05) is 13.2 Å². The van der Waals surface area contributed by atoms with E-state index in [9.17, 15) is 0 Å². The van der Waals surface area contributed by atoms with Crippen LogP contribution < -0.4 is 0 Å². The van der Waals surface area contributed by atoms with Crippen molar-refractivity contribution in [1.82, 2.24) is 0 Å². The Balaban J connectivity index is 2.01. The molecule has 0 saturated carbocycles. The SMILES string of the molecule is [CH2]c1ccc(CCCCOCCCC)cc1. The van der Waals surface area contributed by atoms with Gasteiger partial charge in [0.05, 0.1) is 0 Å². The second kappa shape index (κ2) is 8.35. The summed E-state index contributed by atoms with van der Waals surface area (Å²) in [6.45, 7) is 7.90. The lowest BCUT2D eigenvalue weighted by molar-refractivity contribution is 0.127. The summed E-state index contributed by atoms with van der Waals surface area (Å²) in [6, 6.07) is 8.49. The fourth-order valence-corrected chi connectivity index (χ4v) is 1.59. The Bertz CT molecular complexity index is 263. The van der Waals surface area contributed by atoms with Crippen molar-refractivity contribution in [3.05, 3.63) is 42.3 Å². The maximum Gasteiger partial charge on any atom is 0.0466 e.